The highest BCUT2D eigenvalue weighted by Crippen LogP contribution is 2.20. The summed E-state index contributed by atoms with van der Waals surface area (Å²) >= 11 is 0. The zero-order valence-electron chi connectivity index (χ0n) is 11.6. The van der Waals surface area contributed by atoms with E-state index in [2.05, 4.69) is 10.1 Å². The van der Waals surface area contributed by atoms with Crippen molar-refractivity contribution in [2.75, 3.05) is 0 Å². The first kappa shape index (κ1) is 16.4. The van der Waals surface area contributed by atoms with Crippen LogP contribution in [0.25, 0.3) is 0 Å². The van der Waals surface area contributed by atoms with Gasteiger partial charge >= 0.3 is 6.61 Å². The van der Waals surface area contributed by atoms with Gasteiger partial charge in [0.15, 0.2) is 0 Å². The van der Waals surface area contributed by atoms with Crippen LogP contribution < -0.4 is 15.8 Å². The molecule has 20 heavy (non-hydrogen) atoms. The number of carbonyl (C=O) groups is 1. The second-order valence-electron chi connectivity index (χ2n) is 4.61. The molecule has 1 amide bonds. The van der Waals surface area contributed by atoms with E-state index < -0.39 is 6.61 Å². The highest BCUT2D eigenvalue weighted by molar-refractivity contribution is 5.77. The quantitative estimate of drug-likeness (QED) is 0.809. The van der Waals surface area contributed by atoms with Gasteiger partial charge in [0.05, 0.1) is 6.04 Å². The lowest BCUT2D eigenvalue weighted by Crippen LogP contribution is -2.32. The second-order valence-corrected chi connectivity index (χ2v) is 4.61. The van der Waals surface area contributed by atoms with E-state index >= 15 is 0 Å². The molecule has 2 atom stereocenters. The normalized spacial score (nSPS) is 13.9. The molecular weight excluding hydrogens is 266 g/mol. The minimum absolute atomic E-state index is 0.0730. The number of alkyl halides is 2. The third-order valence-electron chi connectivity index (χ3n) is 2.93. The van der Waals surface area contributed by atoms with Crippen molar-refractivity contribution in [1.29, 1.82) is 0 Å². The first-order chi connectivity index (χ1) is 9.42. The van der Waals surface area contributed by atoms with Crippen LogP contribution in [0.2, 0.25) is 0 Å². The van der Waals surface area contributed by atoms with Crippen molar-refractivity contribution in [1.82, 2.24) is 5.32 Å². The number of benzene rings is 1. The standard InChI is InChI=1S/C14H20F2N2O2/c1-3-11(17)8-13(19)18-9(2)10-5-4-6-12(7-10)20-14(15)16/h4-7,9,11,14H,3,8,17H2,1-2H3,(H,18,19). The van der Waals surface area contributed by atoms with E-state index in [9.17, 15) is 13.6 Å². The number of hydrogen-bond acceptors (Lipinski definition) is 3. The smallest absolute Gasteiger partial charge is 0.387 e. The first-order valence-corrected chi connectivity index (χ1v) is 6.52. The van der Waals surface area contributed by atoms with Crippen LogP contribution in [0.5, 0.6) is 5.75 Å². The van der Waals surface area contributed by atoms with Gasteiger partial charge < -0.3 is 15.8 Å². The lowest BCUT2D eigenvalue weighted by atomic mass is 10.1. The van der Waals surface area contributed by atoms with E-state index in [-0.39, 0.29) is 30.2 Å². The van der Waals surface area contributed by atoms with Crippen LogP contribution in [0.3, 0.4) is 0 Å². The Bertz CT molecular complexity index is 441. The number of rotatable bonds is 7. The highest BCUT2D eigenvalue weighted by atomic mass is 19.3. The molecule has 1 rings (SSSR count). The molecule has 0 radical (unpaired) electrons. The summed E-state index contributed by atoms with van der Waals surface area (Å²) in [5.41, 5.74) is 6.40. The summed E-state index contributed by atoms with van der Waals surface area (Å²) in [4.78, 5) is 11.7. The summed E-state index contributed by atoms with van der Waals surface area (Å²) < 4.78 is 28.6. The number of nitrogens with two attached hydrogens (primary N) is 1. The Hall–Kier alpha value is -1.69. The van der Waals surface area contributed by atoms with Crippen molar-refractivity contribution in [3.63, 3.8) is 0 Å². The van der Waals surface area contributed by atoms with Crippen LogP contribution in [0.4, 0.5) is 8.78 Å². The van der Waals surface area contributed by atoms with Crippen molar-refractivity contribution in [2.45, 2.75) is 45.4 Å². The largest absolute Gasteiger partial charge is 0.435 e. The third-order valence-corrected chi connectivity index (χ3v) is 2.93. The van der Waals surface area contributed by atoms with Gasteiger partial charge in [0.25, 0.3) is 0 Å². The molecule has 112 valence electrons. The number of carbonyl (C=O) groups excluding carboxylic acids is 1. The third kappa shape index (κ3) is 5.52. The topological polar surface area (TPSA) is 64.4 Å². The monoisotopic (exact) mass is 286 g/mol. The molecule has 0 bridgehead atoms. The van der Waals surface area contributed by atoms with Crippen LogP contribution in [0.1, 0.15) is 38.3 Å². The Morgan fingerprint density at radius 2 is 2.15 bits per heavy atom. The summed E-state index contributed by atoms with van der Waals surface area (Å²) in [6.07, 6.45) is 0.966. The maximum atomic E-state index is 12.1. The SMILES string of the molecule is CCC(N)CC(=O)NC(C)c1cccc(OC(F)F)c1. The zero-order chi connectivity index (χ0) is 15.1. The summed E-state index contributed by atoms with van der Waals surface area (Å²) in [6, 6.07) is 5.80. The molecule has 2 unspecified atom stereocenters. The molecule has 6 heteroatoms. The van der Waals surface area contributed by atoms with Gasteiger partial charge in [0.2, 0.25) is 5.91 Å². The van der Waals surface area contributed by atoms with Gasteiger partial charge in [-0.1, -0.05) is 19.1 Å². The lowest BCUT2D eigenvalue weighted by Gasteiger charge is -2.17. The van der Waals surface area contributed by atoms with Crippen LogP contribution in [0, 0.1) is 0 Å². The average Bonchev–Trinajstić information content (AvgIpc) is 2.37. The second kappa shape index (κ2) is 7.79. The number of halogens is 2. The molecule has 1 aromatic rings. The molecule has 0 aliphatic carbocycles. The fraction of sp³-hybridized carbons (Fsp3) is 0.500. The van der Waals surface area contributed by atoms with Gasteiger partial charge in [-0.3, -0.25) is 4.79 Å². The first-order valence-electron chi connectivity index (χ1n) is 6.52. The van der Waals surface area contributed by atoms with E-state index in [0.29, 0.717) is 5.56 Å². The Morgan fingerprint density at radius 1 is 1.45 bits per heavy atom. The van der Waals surface area contributed by atoms with E-state index in [4.69, 9.17) is 5.73 Å². The fourth-order valence-electron chi connectivity index (χ4n) is 1.73. The van der Waals surface area contributed by atoms with Crippen LogP contribution >= 0.6 is 0 Å². The van der Waals surface area contributed by atoms with Crippen molar-refractivity contribution >= 4 is 5.91 Å². The fourth-order valence-corrected chi connectivity index (χ4v) is 1.73. The van der Waals surface area contributed by atoms with Crippen LogP contribution in [-0.2, 0) is 4.79 Å². The Labute approximate surface area is 117 Å². The van der Waals surface area contributed by atoms with E-state index in [0.717, 1.165) is 6.42 Å². The minimum Gasteiger partial charge on any atom is -0.435 e. The van der Waals surface area contributed by atoms with Gasteiger partial charge in [-0.05, 0) is 31.0 Å². The summed E-state index contributed by atoms with van der Waals surface area (Å²) in [5.74, 6) is -0.0871. The zero-order valence-corrected chi connectivity index (χ0v) is 11.6. The van der Waals surface area contributed by atoms with Crippen LogP contribution in [0.15, 0.2) is 24.3 Å². The summed E-state index contributed by atoms with van der Waals surface area (Å²) in [7, 11) is 0. The molecule has 0 fully saturated rings. The molecule has 0 spiro atoms. The molecule has 4 nitrogen and oxygen atoms in total. The number of nitrogens with one attached hydrogen (secondary N) is 1. The van der Waals surface area contributed by atoms with Gasteiger partial charge in [0.1, 0.15) is 5.75 Å². The maximum absolute atomic E-state index is 12.1. The van der Waals surface area contributed by atoms with Crippen molar-refractivity contribution in [3.05, 3.63) is 29.8 Å². The van der Waals surface area contributed by atoms with Gasteiger partial charge in [0, 0.05) is 12.5 Å². The number of hydrogen-bond donors (Lipinski definition) is 2. The molecule has 0 aliphatic rings. The van der Waals surface area contributed by atoms with Crippen molar-refractivity contribution in [3.8, 4) is 5.75 Å². The molecule has 1 aromatic carbocycles. The van der Waals surface area contributed by atoms with Crippen molar-refractivity contribution < 1.29 is 18.3 Å². The molecule has 0 heterocycles. The highest BCUT2D eigenvalue weighted by Gasteiger charge is 2.13. The molecule has 0 aliphatic heterocycles. The van der Waals surface area contributed by atoms with E-state index in [1.807, 2.05) is 6.92 Å². The summed E-state index contributed by atoms with van der Waals surface area (Å²) in [6.45, 7) is 0.821. The van der Waals surface area contributed by atoms with Gasteiger partial charge in [-0.25, -0.2) is 0 Å². The molecule has 0 aromatic heterocycles. The molecule has 3 N–H and O–H groups in total. The number of amides is 1. The molecular formula is C14H20F2N2O2. The Morgan fingerprint density at radius 3 is 2.75 bits per heavy atom. The predicted molar refractivity (Wildman–Crippen MR) is 72.5 cm³/mol. The Kier molecular flexibility index (Phi) is 6.38. The number of ether oxygens (including phenoxy) is 1. The van der Waals surface area contributed by atoms with Gasteiger partial charge in [-0.15, -0.1) is 0 Å². The Balaban J connectivity index is 2.62. The molecule has 0 saturated heterocycles. The average molecular weight is 286 g/mol. The predicted octanol–water partition coefficient (Wildman–Crippen LogP) is 2.59. The van der Waals surface area contributed by atoms with Crippen LogP contribution in [-0.4, -0.2) is 18.6 Å². The maximum Gasteiger partial charge on any atom is 0.387 e. The lowest BCUT2D eigenvalue weighted by molar-refractivity contribution is -0.122. The molecule has 0 saturated carbocycles. The summed E-state index contributed by atoms with van der Waals surface area (Å²) in [5, 5.41) is 2.78. The van der Waals surface area contributed by atoms with Crippen molar-refractivity contribution in [2.24, 2.45) is 5.73 Å². The minimum atomic E-state index is -2.86. The van der Waals surface area contributed by atoms with Gasteiger partial charge in [-0.2, -0.15) is 8.78 Å². The van der Waals surface area contributed by atoms with E-state index in [1.165, 1.54) is 12.1 Å². The van der Waals surface area contributed by atoms with E-state index in [1.54, 1.807) is 19.1 Å².